The molecule has 212 valence electrons. The average molecular weight is 556 g/mol. The van der Waals surface area contributed by atoms with Crippen molar-refractivity contribution in [2.24, 2.45) is 0 Å². The van der Waals surface area contributed by atoms with Crippen molar-refractivity contribution in [2.45, 2.75) is 6.92 Å². The van der Waals surface area contributed by atoms with Crippen molar-refractivity contribution in [1.82, 2.24) is 20.0 Å². The maximum atomic E-state index is 13.7. The van der Waals surface area contributed by atoms with Gasteiger partial charge < -0.3 is 24.8 Å². The van der Waals surface area contributed by atoms with Gasteiger partial charge in [-0.05, 0) is 73.2 Å². The average Bonchev–Trinajstić information content (AvgIpc) is 3.00. The monoisotopic (exact) mass is 555 g/mol. The zero-order chi connectivity index (χ0) is 28.6. The molecule has 1 aliphatic heterocycles. The maximum Gasteiger partial charge on any atom is 0.299 e. The van der Waals surface area contributed by atoms with E-state index < -0.39 is 5.56 Å². The van der Waals surface area contributed by atoms with E-state index in [4.69, 9.17) is 14.2 Å². The Morgan fingerprint density at radius 1 is 1.00 bits per heavy atom. The van der Waals surface area contributed by atoms with Gasteiger partial charge in [-0.2, -0.15) is 9.78 Å². The van der Waals surface area contributed by atoms with Crippen LogP contribution in [0.2, 0.25) is 0 Å². The molecule has 0 bridgehead atoms. The smallest absolute Gasteiger partial charge is 0.299 e. The Balaban J connectivity index is 1.35. The van der Waals surface area contributed by atoms with E-state index in [2.05, 4.69) is 20.6 Å². The number of anilines is 2. The molecule has 10 heteroatoms. The molecule has 4 aromatic rings. The van der Waals surface area contributed by atoms with Gasteiger partial charge in [0.2, 0.25) is 0 Å². The second-order valence-electron chi connectivity index (χ2n) is 9.63. The zero-order valence-electron chi connectivity index (χ0n) is 23.1. The minimum Gasteiger partial charge on any atom is -0.497 e. The first-order chi connectivity index (χ1) is 20.0. The van der Waals surface area contributed by atoms with E-state index in [0.29, 0.717) is 35.0 Å². The summed E-state index contributed by atoms with van der Waals surface area (Å²) in [7, 11) is 1.58. The van der Waals surface area contributed by atoms with Crippen molar-refractivity contribution in [1.29, 1.82) is 0 Å². The number of hydrogen-bond acceptors (Lipinski definition) is 8. The highest BCUT2D eigenvalue weighted by molar-refractivity contribution is 5.94. The van der Waals surface area contributed by atoms with E-state index in [1.807, 2.05) is 31.2 Å². The number of methoxy groups -OCH3 is 1. The van der Waals surface area contributed by atoms with E-state index >= 15 is 0 Å². The predicted octanol–water partition coefficient (Wildman–Crippen LogP) is 4.15. The third-order valence-electron chi connectivity index (χ3n) is 6.71. The van der Waals surface area contributed by atoms with Crippen molar-refractivity contribution in [3.05, 3.63) is 100 Å². The molecule has 0 spiro atoms. The van der Waals surface area contributed by atoms with Crippen LogP contribution < -0.4 is 25.7 Å². The van der Waals surface area contributed by atoms with Gasteiger partial charge in [-0.25, -0.2) is 0 Å². The van der Waals surface area contributed by atoms with Gasteiger partial charge in [-0.1, -0.05) is 12.1 Å². The number of carbonyl (C=O) groups excluding carboxylic acids is 1. The molecule has 1 aromatic heterocycles. The highest BCUT2D eigenvalue weighted by atomic mass is 16.5. The third-order valence-corrected chi connectivity index (χ3v) is 6.71. The normalized spacial score (nSPS) is 13.4. The number of amides is 1. The number of hydrogen-bond donors (Lipinski definition) is 2. The lowest BCUT2D eigenvalue weighted by Gasteiger charge is -2.26. The van der Waals surface area contributed by atoms with Gasteiger partial charge in [0.25, 0.3) is 11.5 Å². The zero-order valence-corrected chi connectivity index (χ0v) is 23.1. The Morgan fingerprint density at radius 3 is 2.46 bits per heavy atom. The molecular weight excluding hydrogens is 522 g/mol. The minimum absolute atomic E-state index is 0.154. The van der Waals surface area contributed by atoms with Gasteiger partial charge in [0.05, 0.1) is 32.2 Å². The Morgan fingerprint density at radius 2 is 1.76 bits per heavy atom. The number of aryl methyl sites for hydroxylation is 1. The summed E-state index contributed by atoms with van der Waals surface area (Å²) >= 11 is 0. The lowest BCUT2D eigenvalue weighted by molar-refractivity contribution is 0.0383. The first-order valence-electron chi connectivity index (χ1n) is 13.5. The molecule has 1 amide bonds. The molecule has 3 aromatic carbocycles. The summed E-state index contributed by atoms with van der Waals surface area (Å²) in [5.41, 5.74) is 2.55. The van der Waals surface area contributed by atoms with Crippen LogP contribution in [-0.2, 0) is 4.74 Å². The van der Waals surface area contributed by atoms with Crippen molar-refractivity contribution in [3.8, 4) is 22.9 Å². The first kappa shape index (κ1) is 27.9. The number of carbonyl (C=O) groups is 1. The van der Waals surface area contributed by atoms with Crippen LogP contribution in [0.25, 0.3) is 5.69 Å². The molecule has 1 fully saturated rings. The predicted molar refractivity (Wildman–Crippen MR) is 157 cm³/mol. The van der Waals surface area contributed by atoms with Crippen molar-refractivity contribution in [3.63, 3.8) is 0 Å². The lowest BCUT2D eigenvalue weighted by atomic mass is 10.2. The quantitative estimate of drug-likeness (QED) is 0.301. The molecule has 0 unspecified atom stereocenters. The topological polar surface area (TPSA) is 107 Å². The maximum absolute atomic E-state index is 13.7. The molecule has 2 heterocycles. The van der Waals surface area contributed by atoms with Crippen molar-refractivity contribution < 1.29 is 19.0 Å². The summed E-state index contributed by atoms with van der Waals surface area (Å²) in [6, 6.07) is 21.5. The summed E-state index contributed by atoms with van der Waals surface area (Å²) < 4.78 is 18.0. The Bertz CT molecular complexity index is 1530. The fourth-order valence-corrected chi connectivity index (χ4v) is 4.45. The van der Waals surface area contributed by atoms with E-state index in [9.17, 15) is 9.59 Å². The molecule has 5 rings (SSSR count). The molecule has 0 aliphatic carbocycles. The van der Waals surface area contributed by atoms with Crippen molar-refractivity contribution in [2.75, 3.05) is 51.8 Å². The highest BCUT2D eigenvalue weighted by Gasteiger charge is 2.16. The summed E-state index contributed by atoms with van der Waals surface area (Å²) in [5, 5.41) is 10.5. The fourth-order valence-electron chi connectivity index (χ4n) is 4.45. The molecule has 10 nitrogen and oxygen atoms in total. The van der Waals surface area contributed by atoms with Gasteiger partial charge in [0.15, 0.2) is 11.4 Å². The number of benzene rings is 3. The molecule has 0 atom stereocenters. The SMILES string of the molecule is COc1ccc(-n2ncc(Oc3cccc(C)c3)c(Nc3ccc(C(=O)NCCN4CCOCC4)cc3)c2=O)cc1. The molecule has 1 saturated heterocycles. The molecule has 1 aliphatic rings. The third kappa shape index (κ3) is 7.10. The van der Waals surface area contributed by atoms with E-state index in [-0.39, 0.29) is 17.3 Å². The first-order valence-corrected chi connectivity index (χ1v) is 13.5. The molecule has 0 saturated carbocycles. The number of morpholine rings is 1. The van der Waals surface area contributed by atoms with Crippen molar-refractivity contribution >= 4 is 17.3 Å². The fraction of sp³-hybridized carbons (Fsp3) is 0.258. The van der Waals surface area contributed by atoms with Gasteiger partial charge in [0.1, 0.15) is 11.5 Å². The van der Waals surface area contributed by atoms with E-state index in [1.54, 1.807) is 55.6 Å². The van der Waals surface area contributed by atoms with Gasteiger partial charge in [0, 0.05) is 37.4 Å². The highest BCUT2D eigenvalue weighted by Crippen LogP contribution is 2.29. The molecule has 2 N–H and O–H groups in total. The number of rotatable bonds is 10. The second-order valence-corrected chi connectivity index (χ2v) is 9.63. The van der Waals surface area contributed by atoms with Gasteiger partial charge >= 0.3 is 0 Å². The summed E-state index contributed by atoms with van der Waals surface area (Å²) in [6.07, 6.45) is 1.51. The lowest BCUT2D eigenvalue weighted by Crippen LogP contribution is -2.41. The summed E-state index contributed by atoms with van der Waals surface area (Å²) in [6.45, 7) is 6.50. The van der Waals surface area contributed by atoms with E-state index in [0.717, 1.165) is 38.4 Å². The number of aromatic nitrogens is 2. The number of ether oxygens (including phenoxy) is 3. The summed E-state index contributed by atoms with van der Waals surface area (Å²) in [4.78, 5) is 28.6. The number of nitrogens with zero attached hydrogens (tertiary/aromatic N) is 3. The van der Waals surface area contributed by atoms with Crippen LogP contribution in [0, 0.1) is 6.92 Å². The molecule has 41 heavy (non-hydrogen) atoms. The van der Waals surface area contributed by atoms with Crippen LogP contribution in [0.5, 0.6) is 17.2 Å². The molecule has 0 radical (unpaired) electrons. The van der Waals surface area contributed by atoms with Gasteiger partial charge in [-0.3, -0.25) is 14.5 Å². The van der Waals surface area contributed by atoms with Crippen LogP contribution in [-0.4, -0.2) is 67.1 Å². The Kier molecular flexibility index (Phi) is 8.92. The Hall–Kier alpha value is -4.67. The Labute approximate surface area is 238 Å². The van der Waals surface area contributed by atoms with Crippen LogP contribution in [0.15, 0.2) is 83.8 Å². The number of nitrogens with one attached hydrogen (secondary N) is 2. The summed E-state index contributed by atoms with van der Waals surface area (Å²) in [5.74, 6) is 1.37. The van der Waals surface area contributed by atoms with Crippen LogP contribution in [0.1, 0.15) is 15.9 Å². The van der Waals surface area contributed by atoms with Crippen LogP contribution in [0.3, 0.4) is 0 Å². The molecular formula is C31H33N5O5. The van der Waals surface area contributed by atoms with Crippen LogP contribution in [0.4, 0.5) is 11.4 Å². The standard InChI is InChI=1S/C31H33N5O5/c1-22-4-3-5-27(20-22)41-28-21-33-36(25-10-12-26(39-2)13-11-25)31(38)29(28)34-24-8-6-23(7-9-24)30(37)32-14-15-35-16-18-40-19-17-35/h3-13,20-21,34H,14-19H2,1-2H3,(H,32,37). The van der Waals surface area contributed by atoms with Crippen LogP contribution >= 0.6 is 0 Å². The minimum atomic E-state index is -0.398. The second kappa shape index (κ2) is 13.1. The largest absolute Gasteiger partial charge is 0.497 e. The van der Waals surface area contributed by atoms with E-state index in [1.165, 1.54) is 10.9 Å². The van der Waals surface area contributed by atoms with Gasteiger partial charge in [-0.15, -0.1) is 0 Å².